The van der Waals surface area contributed by atoms with Crippen LogP contribution >= 0.6 is 11.6 Å². The normalized spacial score (nSPS) is 16.8. The van der Waals surface area contributed by atoms with Gasteiger partial charge in [-0.15, -0.1) is 0 Å². The molecule has 5 rings (SSSR count). The summed E-state index contributed by atoms with van der Waals surface area (Å²) < 4.78 is 47.3. The molecule has 1 aliphatic rings. The van der Waals surface area contributed by atoms with Crippen LogP contribution in [0.3, 0.4) is 0 Å². The van der Waals surface area contributed by atoms with Gasteiger partial charge in [-0.05, 0) is 59.0 Å². The lowest BCUT2D eigenvalue weighted by Gasteiger charge is -2.42. The number of nitrogens with one attached hydrogen (secondary N) is 1. The predicted molar refractivity (Wildman–Crippen MR) is 165 cm³/mol. The number of carboxylic acids is 1. The highest BCUT2D eigenvalue weighted by Crippen LogP contribution is 2.43. The van der Waals surface area contributed by atoms with Crippen LogP contribution in [0.5, 0.6) is 5.75 Å². The monoisotopic (exact) mass is 622 g/mol. The quantitative estimate of drug-likeness (QED) is 0.158. The van der Waals surface area contributed by atoms with Crippen LogP contribution in [0, 0.1) is 0 Å². The van der Waals surface area contributed by atoms with Gasteiger partial charge in [0.15, 0.2) is 0 Å². The average molecular weight is 623 g/mol. The summed E-state index contributed by atoms with van der Waals surface area (Å²) in [5, 5.41) is 11.4. The van der Waals surface area contributed by atoms with Crippen LogP contribution in [0.1, 0.15) is 51.8 Å². The standard InChI is InChI=1S/C35H34ClF3N2O3/c36-34-26(11-7-15-31(34)35(37,38)39)22-41-23-30(25-9-2-1-3-10-25)28-13-4-5-14-29(28)32(41)17-19-44-27-12-6-8-24(20-27)16-18-40-21-33(42)43/h1-15,20,30,32,40H,16-19,21-23H2,(H,42,43)/t30?,32-/m0/s1. The maximum Gasteiger partial charge on any atom is 0.417 e. The lowest BCUT2D eigenvalue weighted by molar-refractivity contribution is -0.138. The van der Waals surface area contributed by atoms with E-state index in [1.54, 1.807) is 6.07 Å². The molecule has 1 aliphatic heterocycles. The van der Waals surface area contributed by atoms with E-state index in [-0.39, 0.29) is 30.1 Å². The van der Waals surface area contributed by atoms with E-state index in [4.69, 9.17) is 21.4 Å². The average Bonchev–Trinajstić information content (AvgIpc) is 3.01. The van der Waals surface area contributed by atoms with Gasteiger partial charge >= 0.3 is 12.1 Å². The summed E-state index contributed by atoms with van der Waals surface area (Å²) >= 11 is 6.37. The molecule has 0 aromatic heterocycles. The van der Waals surface area contributed by atoms with Crippen molar-refractivity contribution in [3.63, 3.8) is 0 Å². The zero-order valence-electron chi connectivity index (χ0n) is 24.1. The van der Waals surface area contributed by atoms with Crippen molar-refractivity contribution in [1.29, 1.82) is 0 Å². The summed E-state index contributed by atoms with van der Waals surface area (Å²) in [7, 11) is 0. The summed E-state index contributed by atoms with van der Waals surface area (Å²) in [5.41, 5.74) is 4.09. The van der Waals surface area contributed by atoms with Gasteiger partial charge in [0, 0.05) is 31.5 Å². The SMILES string of the molecule is O=C(O)CNCCc1cccc(OCC[C@H]2c3ccccc3C(c3ccccc3)CN2Cc2cccc(C(F)(F)F)c2Cl)c1. The van der Waals surface area contributed by atoms with Gasteiger partial charge in [-0.25, -0.2) is 0 Å². The molecule has 5 nitrogen and oxygen atoms in total. The third-order valence-electron chi connectivity index (χ3n) is 7.97. The molecule has 2 N–H and O–H groups in total. The summed E-state index contributed by atoms with van der Waals surface area (Å²) in [6, 6.07) is 30.1. The first-order chi connectivity index (χ1) is 21.2. The molecule has 0 saturated carbocycles. The Morgan fingerprint density at radius 3 is 2.43 bits per heavy atom. The van der Waals surface area contributed by atoms with Crippen LogP contribution in [0.25, 0.3) is 0 Å². The first-order valence-corrected chi connectivity index (χ1v) is 14.9. The number of aliphatic carboxylic acids is 1. The number of benzene rings is 4. The smallest absolute Gasteiger partial charge is 0.417 e. The second-order valence-electron chi connectivity index (χ2n) is 10.9. The molecule has 1 heterocycles. The zero-order valence-corrected chi connectivity index (χ0v) is 24.8. The van der Waals surface area contributed by atoms with Crippen molar-refractivity contribution in [3.8, 4) is 5.75 Å². The summed E-state index contributed by atoms with van der Waals surface area (Å²) in [6.07, 6.45) is -3.27. The van der Waals surface area contributed by atoms with Gasteiger partial charge in [0.05, 0.1) is 23.7 Å². The first kappa shape index (κ1) is 31.6. The zero-order chi connectivity index (χ0) is 31.1. The highest BCUT2D eigenvalue weighted by Gasteiger charge is 2.36. The van der Waals surface area contributed by atoms with E-state index in [1.165, 1.54) is 11.6 Å². The van der Waals surface area contributed by atoms with Crippen LogP contribution in [0.4, 0.5) is 13.2 Å². The van der Waals surface area contributed by atoms with Gasteiger partial charge < -0.3 is 15.2 Å². The molecule has 0 spiro atoms. The Kier molecular flexibility index (Phi) is 10.3. The molecular weight excluding hydrogens is 589 g/mol. The van der Waals surface area contributed by atoms with Crippen molar-refractivity contribution in [1.82, 2.24) is 10.2 Å². The molecule has 9 heteroatoms. The third kappa shape index (κ3) is 7.80. The molecule has 0 radical (unpaired) electrons. The van der Waals surface area contributed by atoms with E-state index in [9.17, 15) is 18.0 Å². The van der Waals surface area contributed by atoms with Gasteiger partial charge in [-0.2, -0.15) is 13.2 Å². The minimum atomic E-state index is -4.54. The first-order valence-electron chi connectivity index (χ1n) is 14.6. The van der Waals surface area contributed by atoms with Gasteiger partial charge in [-0.1, -0.05) is 90.5 Å². The number of ether oxygens (including phenoxy) is 1. The van der Waals surface area contributed by atoms with E-state index in [0.717, 1.165) is 22.8 Å². The van der Waals surface area contributed by atoms with Crippen molar-refractivity contribution in [3.05, 3.63) is 135 Å². The van der Waals surface area contributed by atoms with Gasteiger partial charge in [0.25, 0.3) is 0 Å². The molecule has 2 atom stereocenters. The fourth-order valence-corrected chi connectivity index (χ4v) is 6.21. The second-order valence-corrected chi connectivity index (χ2v) is 11.3. The summed E-state index contributed by atoms with van der Waals surface area (Å²) in [5.74, 6) is -0.147. The Morgan fingerprint density at radius 2 is 1.68 bits per heavy atom. The van der Waals surface area contributed by atoms with Crippen molar-refractivity contribution >= 4 is 17.6 Å². The van der Waals surface area contributed by atoms with E-state index in [1.807, 2.05) is 54.6 Å². The molecule has 230 valence electrons. The van der Waals surface area contributed by atoms with Gasteiger partial charge in [0.2, 0.25) is 0 Å². The molecule has 0 fully saturated rings. The van der Waals surface area contributed by atoms with E-state index in [0.29, 0.717) is 43.9 Å². The molecule has 0 bridgehead atoms. The summed E-state index contributed by atoms with van der Waals surface area (Å²) in [6.45, 7) is 1.69. The molecule has 0 amide bonds. The Balaban J connectivity index is 1.38. The van der Waals surface area contributed by atoms with Gasteiger partial charge in [-0.3, -0.25) is 9.69 Å². The number of carbonyl (C=O) groups is 1. The van der Waals surface area contributed by atoms with Crippen LogP contribution in [-0.4, -0.2) is 42.2 Å². The lowest BCUT2D eigenvalue weighted by atomic mass is 9.80. The van der Waals surface area contributed by atoms with Crippen LogP contribution in [0.15, 0.2) is 97.1 Å². The van der Waals surface area contributed by atoms with Crippen LogP contribution < -0.4 is 10.1 Å². The third-order valence-corrected chi connectivity index (χ3v) is 8.42. The number of halogens is 4. The number of fused-ring (bicyclic) bond motifs is 1. The molecule has 1 unspecified atom stereocenters. The fraction of sp³-hybridized carbons (Fsp3) is 0.286. The minimum absolute atomic E-state index is 0.0422. The van der Waals surface area contributed by atoms with Crippen molar-refractivity contribution in [2.75, 3.05) is 26.2 Å². The second kappa shape index (κ2) is 14.3. The summed E-state index contributed by atoms with van der Waals surface area (Å²) in [4.78, 5) is 13.0. The largest absolute Gasteiger partial charge is 0.494 e. The fourth-order valence-electron chi connectivity index (χ4n) is 5.92. The number of alkyl halides is 3. The van der Waals surface area contributed by atoms with Crippen LogP contribution in [0.2, 0.25) is 5.02 Å². The number of rotatable bonds is 12. The van der Waals surface area contributed by atoms with Crippen molar-refractivity contribution in [2.24, 2.45) is 0 Å². The topological polar surface area (TPSA) is 61.8 Å². The molecule has 0 aliphatic carbocycles. The molecular formula is C35H34ClF3N2O3. The van der Waals surface area contributed by atoms with Crippen LogP contribution in [-0.2, 0) is 23.9 Å². The van der Waals surface area contributed by atoms with E-state index >= 15 is 0 Å². The predicted octanol–water partition coefficient (Wildman–Crippen LogP) is 7.73. The maximum atomic E-state index is 13.7. The highest BCUT2D eigenvalue weighted by atomic mass is 35.5. The van der Waals surface area contributed by atoms with E-state index < -0.39 is 17.7 Å². The highest BCUT2D eigenvalue weighted by molar-refractivity contribution is 6.32. The lowest BCUT2D eigenvalue weighted by Crippen LogP contribution is -2.38. The maximum absolute atomic E-state index is 13.7. The molecule has 0 saturated heterocycles. The van der Waals surface area contributed by atoms with Gasteiger partial charge in [0.1, 0.15) is 5.75 Å². The van der Waals surface area contributed by atoms with Crippen molar-refractivity contribution < 1.29 is 27.8 Å². The minimum Gasteiger partial charge on any atom is -0.494 e. The molecule has 4 aromatic rings. The Labute approximate surface area is 260 Å². The molecule has 4 aromatic carbocycles. The number of hydrogen-bond acceptors (Lipinski definition) is 4. The van der Waals surface area contributed by atoms with Crippen molar-refractivity contribution in [2.45, 2.75) is 37.5 Å². The number of hydrogen-bond donors (Lipinski definition) is 2. The molecule has 44 heavy (non-hydrogen) atoms. The number of nitrogens with zero attached hydrogens (tertiary/aromatic N) is 1. The number of carboxylic acid groups (broad SMARTS) is 1. The van der Waals surface area contributed by atoms with E-state index in [2.05, 4.69) is 34.5 Å². The Morgan fingerprint density at radius 1 is 0.955 bits per heavy atom. The Hall–Kier alpha value is -3.85. The Bertz CT molecular complexity index is 1560.